The van der Waals surface area contributed by atoms with Crippen LogP contribution in [0.4, 0.5) is 18.0 Å². The first kappa shape index (κ1) is 21.7. The number of hydrogen-bond acceptors (Lipinski definition) is 3. The van der Waals surface area contributed by atoms with Crippen LogP contribution in [-0.4, -0.2) is 60.5 Å². The number of ketones is 1. The number of nitrogens with zero attached hydrogens (tertiary/aromatic N) is 2. The van der Waals surface area contributed by atoms with E-state index in [0.717, 1.165) is 12.5 Å². The molecule has 3 aliphatic rings. The van der Waals surface area contributed by atoms with Gasteiger partial charge in [-0.3, -0.25) is 4.79 Å². The van der Waals surface area contributed by atoms with E-state index < -0.39 is 11.7 Å². The van der Waals surface area contributed by atoms with Crippen molar-refractivity contribution >= 4 is 11.8 Å². The number of carbonyl (C=O) groups excluding carboxylic acids is 2. The maximum absolute atomic E-state index is 13.1. The van der Waals surface area contributed by atoms with E-state index in [1.165, 1.54) is 12.1 Å². The highest BCUT2D eigenvalue weighted by molar-refractivity contribution is 5.81. The second-order valence-corrected chi connectivity index (χ2v) is 8.44. The summed E-state index contributed by atoms with van der Waals surface area (Å²) < 4.78 is 44.9. The Bertz CT molecular complexity index is 897. The first-order valence-electron chi connectivity index (χ1n) is 10.7. The molecule has 0 N–H and O–H groups in total. The van der Waals surface area contributed by atoms with Crippen molar-refractivity contribution in [2.75, 3.05) is 32.8 Å². The van der Waals surface area contributed by atoms with Gasteiger partial charge in [0.15, 0.2) is 5.78 Å². The Morgan fingerprint density at radius 3 is 2.52 bits per heavy atom. The molecule has 2 amide bonds. The molecule has 1 aromatic carbocycles. The first-order valence-corrected chi connectivity index (χ1v) is 10.7. The van der Waals surface area contributed by atoms with E-state index in [4.69, 9.17) is 4.74 Å². The molecule has 3 heterocycles. The lowest BCUT2D eigenvalue weighted by Gasteiger charge is -2.42. The summed E-state index contributed by atoms with van der Waals surface area (Å²) in [6.45, 7) is 2.38. The highest BCUT2D eigenvalue weighted by Crippen LogP contribution is 2.32. The lowest BCUT2D eigenvalue weighted by molar-refractivity contribution is -0.140. The average Bonchev–Trinajstić information content (AvgIpc) is 2.76. The smallest absolute Gasteiger partial charge is 0.370 e. The number of piperidine rings is 2. The zero-order chi connectivity index (χ0) is 22.0. The molecule has 0 saturated carbocycles. The summed E-state index contributed by atoms with van der Waals surface area (Å²) in [5.41, 5.74) is -0.732. The fraction of sp³-hybridized carbons (Fsp3) is 0.565. The van der Waals surface area contributed by atoms with Gasteiger partial charge in [-0.2, -0.15) is 13.2 Å². The van der Waals surface area contributed by atoms with Crippen molar-refractivity contribution in [1.29, 1.82) is 0 Å². The van der Waals surface area contributed by atoms with Crippen LogP contribution in [0.3, 0.4) is 0 Å². The van der Waals surface area contributed by atoms with Crippen molar-refractivity contribution < 1.29 is 27.5 Å². The summed E-state index contributed by atoms with van der Waals surface area (Å²) in [5.74, 6) is 5.79. The average molecular weight is 434 g/mol. The van der Waals surface area contributed by atoms with Gasteiger partial charge in [-0.15, -0.1) is 0 Å². The first-order chi connectivity index (χ1) is 14.8. The van der Waals surface area contributed by atoms with Gasteiger partial charge >= 0.3 is 12.2 Å². The molecule has 0 bridgehead atoms. The van der Waals surface area contributed by atoms with Crippen LogP contribution in [0, 0.1) is 23.7 Å². The van der Waals surface area contributed by atoms with Gasteiger partial charge in [-0.05, 0) is 31.4 Å². The number of ether oxygens (including phenoxy) is 1. The lowest BCUT2D eigenvalue weighted by atomic mass is 9.88. The predicted molar refractivity (Wildman–Crippen MR) is 107 cm³/mol. The van der Waals surface area contributed by atoms with Crippen LogP contribution < -0.4 is 0 Å². The van der Waals surface area contributed by atoms with E-state index in [1.807, 2.05) is 0 Å². The van der Waals surface area contributed by atoms with Crippen LogP contribution in [0.2, 0.25) is 0 Å². The minimum absolute atomic E-state index is 0.0133. The predicted octanol–water partition coefficient (Wildman–Crippen LogP) is 3.57. The zero-order valence-electron chi connectivity index (χ0n) is 17.2. The molecule has 2 atom stereocenters. The number of carbonyl (C=O) groups is 2. The van der Waals surface area contributed by atoms with Crippen LogP contribution in [-0.2, 0) is 15.7 Å². The third kappa shape index (κ3) is 5.04. The van der Waals surface area contributed by atoms with Gasteiger partial charge in [0, 0.05) is 50.0 Å². The van der Waals surface area contributed by atoms with Gasteiger partial charge in [0.2, 0.25) is 0 Å². The summed E-state index contributed by atoms with van der Waals surface area (Å²) in [7, 11) is 0. The SMILES string of the molecule is O=C1CO[C@H]2CCN(C(=O)N3CCC(C#Cc4ccccc4C(F)(F)F)CC3)C[C@H]2C1. The van der Waals surface area contributed by atoms with E-state index in [1.54, 1.807) is 15.9 Å². The van der Waals surface area contributed by atoms with E-state index >= 15 is 0 Å². The highest BCUT2D eigenvalue weighted by Gasteiger charge is 2.38. The number of alkyl halides is 3. The van der Waals surface area contributed by atoms with Crippen LogP contribution >= 0.6 is 0 Å². The number of benzene rings is 1. The van der Waals surface area contributed by atoms with Crippen molar-refractivity contribution in [2.24, 2.45) is 11.8 Å². The summed E-state index contributed by atoms with van der Waals surface area (Å²) >= 11 is 0. The van der Waals surface area contributed by atoms with Gasteiger partial charge in [-0.1, -0.05) is 24.0 Å². The highest BCUT2D eigenvalue weighted by atomic mass is 19.4. The molecule has 3 fully saturated rings. The Hall–Kier alpha value is -2.53. The minimum Gasteiger partial charge on any atom is -0.370 e. The molecule has 1 aromatic rings. The minimum atomic E-state index is -4.43. The Balaban J connectivity index is 1.32. The van der Waals surface area contributed by atoms with Gasteiger partial charge in [0.05, 0.1) is 11.7 Å². The topological polar surface area (TPSA) is 49.9 Å². The Morgan fingerprint density at radius 2 is 1.77 bits per heavy atom. The Kier molecular flexibility index (Phi) is 6.24. The fourth-order valence-electron chi connectivity index (χ4n) is 4.59. The van der Waals surface area contributed by atoms with Crippen molar-refractivity contribution in [3.05, 3.63) is 35.4 Å². The van der Waals surface area contributed by atoms with E-state index in [-0.39, 0.29) is 41.9 Å². The van der Waals surface area contributed by atoms with Gasteiger partial charge in [-0.25, -0.2) is 4.79 Å². The third-order valence-corrected chi connectivity index (χ3v) is 6.29. The van der Waals surface area contributed by atoms with Crippen LogP contribution in [0.1, 0.15) is 36.8 Å². The molecule has 3 aliphatic heterocycles. The maximum Gasteiger partial charge on any atom is 0.417 e. The quantitative estimate of drug-likeness (QED) is 0.587. The molecule has 0 unspecified atom stereocenters. The van der Waals surface area contributed by atoms with Crippen molar-refractivity contribution in [3.8, 4) is 11.8 Å². The number of hydrogen-bond donors (Lipinski definition) is 0. The number of rotatable bonds is 0. The molecule has 5 nitrogen and oxygen atoms in total. The molecule has 3 saturated heterocycles. The third-order valence-electron chi connectivity index (χ3n) is 6.29. The van der Waals surface area contributed by atoms with Crippen LogP contribution in [0.25, 0.3) is 0 Å². The number of Topliss-reactive ketones (excluding diaryl/α,β-unsaturated/α-hetero) is 1. The molecule has 0 radical (unpaired) electrons. The molecule has 31 heavy (non-hydrogen) atoms. The lowest BCUT2D eigenvalue weighted by Crippen LogP contribution is -2.54. The normalized spacial score (nSPS) is 24.9. The second kappa shape index (κ2) is 8.91. The number of fused-ring (bicyclic) bond motifs is 1. The van der Waals surface area contributed by atoms with E-state index in [0.29, 0.717) is 45.4 Å². The molecule has 8 heteroatoms. The monoisotopic (exact) mass is 434 g/mol. The molecule has 4 rings (SSSR count). The number of urea groups is 1. The summed E-state index contributed by atoms with van der Waals surface area (Å²) in [5, 5.41) is 0. The summed E-state index contributed by atoms with van der Waals surface area (Å²) in [4.78, 5) is 28.2. The number of amides is 2. The second-order valence-electron chi connectivity index (χ2n) is 8.44. The standard InChI is InChI=1S/C23H25F3N2O3/c24-23(25,26)20-4-2-1-3-17(20)6-5-16-7-10-27(11-8-16)22(30)28-12-9-21-18(14-28)13-19(29)15-31-21/h1-4,16,18,21H,7-15H2/t18-,21+/m1/s1. The number of likely N-dealkylation sites (tertiary alicyclic amines) is 2. The van der Waals surface area contributed by atoms with Gasteiger partial charge < -0.3 is 14.5 Å². The maximum atomic E-state index is 13.1. The number of halogens is 3. The molecule has 0 aliphatic carbocycles. The molecule has 0 aromatic heterocycles. The van der Waals surface area contributed by atoms with Gasteiger partial charge in [0.1, 0.15) is 6.61 Å². The Morgan fingerprint density at radius 1 is 1.06 bits per heavy atom. The molecule has 166 valence electrons. The molecular weight excluding hydrogens is 409 g/mol. The summed E-state index contributed by atoms with van der Waals surface area (Å²) in [6.07, 6.45) is -1.90. The Labute approximate surface area is 179 Å². The van der Waals surface area contributed by atoms with E-state index in [9.17, 15) is 22.8 Å². The summed E-state index contributed by atoms with van der Waals surface area (Å²) in [6, 6.07) is 5.30. The van der Waals surface area contributed by atoms with E-state index in [2.05, 4.69) is 11.8 Å². The van der Waals surface area contributed by atoms with Crippen molar-refractivity contribution in [1.82, 2.24) is 9.80 Å². The fourth-order valence-corrected chi connectivity index (χ4v) is 4.59. The van der Waals surface area contributed by atoms with Crippen molar-refractivity contribution in [2.45, 2.75) is 38.0 Å². The van der Waals surface area contributed by atoms with Crippen LogP contribution in [0.5, 0.6) is 0 Å². The zero-order valence-corrected chi connectivity index (χ0v) is 17.2. The van der Waals surface area contributed by atoms with Crippen LogP contribution in [0.15, 0.2) is 24.3 Å². The molecule has 0 spiro atoms. The van der Waals surface area contributed by atoms with Gasteiger partial charge in [0.25, 0.3) is 0 Å². The largest absolute Gasteiger partial charge is 0.417 e. The van der Waals surface area contributed by atoms with Crippen molar-refractivity contribution in [3.63, 3.8) is 0 Å². The molecular formula is C23H25F3N2O3.